The van der Waals surface area contributed by atoms with Gasteiger partial charge < -0.3 is 14.4 Å². The van der Waals surface area contributed by atoms with E-state index in [9.17, 15) is 0 Å². The zero-order chi connectivity index (χ0) is 46.1. The molecule has 4 heterocycles. The average Bonchev–Trinajstić information content (AvgIpc) is 3.86. The number of hydrogen-bond acceptors (Lipinski definition) is 3. The molecule has 0 saturated heterocycles. The van der Waals surface area contributed by atoms with Crippen LogP contribution in [0.15, 0.2) is 176 Å². The molecule has 0 unspecified atom stereocenters. The van der Waals surface area contributed by atoms with Crippen LogP contribution in [-0.4, -0.2) is 11.3 Å². The fourth-order valence-corrected chi connectivity index (χ4v) is 12.2. The number of nitrogens with zero attached hydrogens (tertiary/aromatic N) is 3. The number of para-hydroxylation sites is 1. The SMILES string of the molecule is CC(C)(C)c1ccc(-c2cccc(N3c4cccc5c4B(c4ccc(-n6c7ccc(C(C)(C)C)cc7c7cc(C(C)(C)C)ccc76)cc4N5c4ccccc4)c4sc5ccccc5c43)c2)cc1. The van der Waals surface area contributed by atoms with Gasteiger partial charge in [-0.05, 0) is 134 Å². The van der Waals surface area contributed by atoms with Gasteiger partial charge in [0.15, 0.2) is 0 Å². The van der Waals surface area contributed by atoms with Gasteiger partial charge in [-0.3, -0.25) is 0 Å². The van der Waals surface area contributed by atoms with E-state index in [0.29, 0.717) is 0 Å². The molecule has 3 nitrogen and oxygen atoms in total. The summed E-state index contributed by atoms with van der Waals surface area (Å²) in [4.78, 5) is 5.09. The lowest BCUT2D eigenvalue weighted by Gasteiger charge is -2.43. The van der Waals surface area contributed by atoms with Crippen molar-refractivity contribution in [1.29, 1.82) is 0 Å². The van der Waals surface area contributed by atoms with Gasteiger partial charge in [-0.25, -0.2) is 0 Å². The van der Waals surface area contributed by atoms with Crippen LogP contribution < -0.4 is 25.5 Å². The van der Waals surface area contributed by atoms with Crippen molar-refractivity contribution in [3.05, 3.63) is 193 Å². The van der Waals surface area contributed by atoms with Crippen LogP contribution in [0.3, 0.4) is 0 Å². The van der Waals surface area contributed by atoms with Crippen LogP contribution in [0.5, 0.6) is 0 Å². The summed E-state index contributed by atoms with van der Waals surface area (Å²) >= 11 is 1.95. The van der Waals surface area contributed by atoms with Crippen LogP contribution in [0.1, 0.15) is 79.0 Å². The highest BCUT2D eigenvalue weighted by Gasteiger charge is 2.45. The van der Waals surface area contributed by atoms with E-state index in [1.807, 2.05) is 11.3 Å². The quantitative estimate of drug-likeness (QED) is 0.163. The molecule has 10 aromatic rings. The van der Waals surface area contributed by atoms with Crippen LogP contribution in [-0.2, 0) is 16.2 Å². The summed E-state index contributed by atoms with van der Waals surface area (Å²) in [6, 6.07) is 66.9. The van der Waals surface area contributed by atoms with Gasteiger partial charge in [0.25, 0.3) is 6.71 Å². The molecule has 2 aliphatic rings. The zero-order valence-corrected chi connectivity index (χ0v) is 40.9. The monoisotopic (exact) mass is 885 g/mol. The Bertz CT molecular complexity index is 3520. The number of anilines is 6. The van der Waals surface area contributed by atoms with E-state index in [1.165, 1.54) is 98.2 Å². The van der Waals surface area contributed by atoms with Gasteiger partial charge in [0.05, 0.1) is 16.7 Å². The smallest absolute Gasteiger partial charge is 0.264 e. The van der Waals surface area contributed by atoms with Crippen molar-refractivity contribution in [2.45, 2.75) is 78.6 Å². The Balaban J connectivity index is 1.09. The number of aromatic nitrogens is 1. The van der Waals surface area contributed by atoms with Gasteiger partial charge in [-0.15, -0.1) is 11.3 Å². The van der Waals surface area contributed by atoms with Crippen LogP contribution in [0.4, 0.5) is 34.1 Å². The molecule has 0 saturated carbocycles. The molecular formula is C62H56BN3S. The molecule has 0 spiro atoms. The van der Waals surface area contributed by atoms with Gasteiger partial charge in [0.1, 0.15) is 0 Å². The summed E-state index contributed by atoms with van der Waals surface area (Å²) < 4.78 is 5.19. The highest BCUT2D eigenvalue weighted by Crippen LogP contribution is 2.49. The number of fused-ring (bicyclic) bond motifs is 9. The standard InChI is InChI=1S/C62H56BN3S/c1-60(2,3)41-27-25-39(26-28-41)40-17-15-20-45(35-40)66-54-23-16-22-53-57(54)63(59-58(66)47-21-13-14-24-56(47)67-59)50-32-31-46(38-55(50)64(53)44-18-11-10-12-19-44)65-51-33-29-42(61(4,5)6)36-48(51)49-37-43(62(7,8)9)30-34-52(49)65/h10-38H,1-9H3. The highest BCUT2D eigenvalue weighted by molar-refractivity contribution is 7.33. The Hall–Kier alpha value is -6.82. The van der Waals surface area contributed by atoms with E-state index in [1.54, 1.807) is 0 Å². The first-order valence-electron chi connectivity index (χ1n) is 23.9. The topological polar surface area (TPSA) is 11.4 Å². The molecule has 0 bridgehead atoms. The maximum Gasteiger partial charge on any atom is 0.264 e. The minimum Gasteiger partial charge on any atom is -0.311 e. The number of benzene rings is 8. The molecule has 8 aromatic carbocycles. The molecule has 0 fully saturated rings. The maximum absolute atomic E-state index is 2.56. The molecule has 2 aromatic heterocycles. The first-order valence-corrected chi connectivity index (χ1v) is 24.7. The minimum atomic E-state index is 0.0285. The van der Waals surface area contributed by atoms with Gasteiger partial charge in [0.2, 0.25) is 0 Å². The second-order valence-electron chi connectivity index (χ2n) is 21.9. The summed E-state index contributed by atoms with van der Waals surface area (Å²) in [6.07, 6.45) is 0. The number of hydrogen-bond donors (Lipinski definition) is 0. The zero-order valence-electron chi connectivity index (χ0n) is 40.1. The third-order valence-corrected chi connectivity index (χ3v) is 15.7. The fraction of sp³-hybridized carbons (Fsp3) is 0.194. The normalized spacial score (nSPS) is 13.7. The molecule has 0 amide bonds. The Morgan fingerprint density at radius 2 is 0.985 bits per heavy atom. The van der Waals surface area contributed by atoms with Crippen molar-refractivity contribution < 1.29 is 0 Å². The van der Waals surface area contributed by atoms with Crippen molar-refractivity contribution in [3.8, 4) is 16.8 Å². The van der Waals surface area contributed by atoms with Crippen molar-refractivity contribution in [3.63, 3.8) is 0 Å². The highest BCUT2D eigenvalue weighted by atomic mass is 32.1. The van der Waals surface area contributed by atoms with E-state index in [-0.39, 0.29) is 23.0 Å². The van der Waals surface area contributed by atoms with Crippen LogP contribution in [0.2, 0.25) is 0 Å². The molecule has 2 aliphatic heterocycles. The molecular weight excluding hydrogens is 830 g/mol. The number of rotatable bonds is 4. The first kappa shape index (κ1) is 41.6. The summed E-state index contributed by atoms with van der Waals surface area (Å²) in [5.74, 6) is 0. The van der Waals surface area contributed by atoms with E-state index < -0.39 is 0 Å². The number of thiophene rings is 1. The molecule has 67 heavy (non-hydrogen) atoms. The Labute approximate surface area is 400 Å². The third-order valence-electron chi connectivity index (χ3n) is 14.4. The van der Waals surface area contributed by atoms with E-state index in [4.69, 9.17) is 0 Å². The summed E-state index contributed by atoms with van der Waals surface area (Å²) in [7, 11) is 0. The van der Waals surface area contributed by atoms with Gasteiger partial charge in [0, 0.05) is 59.8 Å². The van der Waals surface area contributed by atoms with Crippen molar-refractivity contribution in [2.24, 2.45) is 0 Å². The first-order chi connectivity index (χ1) is 32.1. The summed E-state index contributed by atoms with van der Waals surface area (Å²) in [6.45, 7) is 20.8. The molecule has 328 valence electrons. The maximum atomic E-state index is 2.56. The molecule has 12 rings (SSSR count). The van der Waals surface area contributed by atoms with Crippen LogP contribution in [0.25, 0.3) is 48.7 Å². The Morgan fingerprint density at radius 1 is 0.403 bits per heavy atom. The van der Waals surface area contributed by atoms with E-state index in [2.05, 4.69) is 253 Å². The lowest BCUT2D eigenvalue weighted by Crippen LogP contribution is -2.60. The molecule has 0 aliphatic carbocycles. The van der Waals surface area contributed by atoms with Gasteiger partial charge in [-0.2, -0.15) is 0 Å². The third kappa shape index (κ3) is 6.60. The van der Waals surface area contributed by atoms with E-state index >= 15 is 0 Å². The predicted molar refractivity (Wildman–Crippen MR) is 292 cm³/mol. The second kappa shape index (κ2) is 14.8. The summed E-state index contributed by atoms with van der Waals surface area (Å²) in [5, 5.41) is 3.89. The Kier molecular flexibility index (Phi) is 9.22. The predicted octanol–water partition coefficient (Wildman–Crippen LogP) is 15.6. The largest absolute Gasteiger partial charge is 0.311 e. The molecule has 0 N–H and O–H groups in total. The minimum absolute atomic E-state index is 0.0285. The average molecular weight is 886 g/mol. The molecule has 0 radical (unpaired) electrons. The Morgan fingerprint density at radius 3 is 1.64 bits per heavy atom. The van der Waals surface area contributed by atoms with Crippen molar-refractivity contribution >= 4 is 99.8 Å². The van der Waals surface area contributed by atoms with Crippen molar-refractivity contribution in [1.82, 2.24) is 4.57 Å². The lowest BCUT2D eigenvalue weighted by atomic mass is 9.36. The molecule has 5 heteroatoms. The lowest BCUT2D eigenvalue weighted by molar-refractivity contribution is 0.590. The van der Waals surface area contributed by atoms with Gasteiger partial charge in [-0.1, -0.05) is 159 Å². The summed E-state index contributed by atoms with van der Waals surface area (Å²) in [5.41, 5.74) is 20.1. The fourth-order valence-electron chi connectivity index (χ4n) is 10.8. The molecule has 0 atom stereocenters. The van der Waals surface area contributed by atoms with E-state index in [0.717, 1.165) is 17.1 Å². The van der Waals surface area contributed by atoms with Gasteiger partial charge >= 0.3 is 0 Å². The van der Waals surface area contributed by atoms with Crippen LogP contribution >= 0.6 is 11.3 Å². The second-order valence-corrected chi connectivity index (χ2v) is 23.0. The van der Waals surface area contributed by atoms with Crippen LogP contribution in [0, 0.1) is 0 Å². The van der Waals surface area contributed by atoms with Crippen molar-refractivity contribution in [2.75, 3.05) is 9.80 Å².